The largest absolute Gasteiger partial charge is 0.490 e. The lowest BCUT2D eigenvalue weighted by Gasteiger charge is -2.32. The first-order valence-electron chi connectivity index (χ1n) is 10.2. The van der Waals surface area contributed by atoms with E-state index in [0.717, 1.165) is 25.7 Å². The summed E-state index contributed by atoms with van der Waals surface area (Å²) >= 11 is 0. The number of nitrogens with one attached hydrogen (secondary N) is 1. The highest BCUT2D eigenvalue weighted by Gasteiger charge is 2.45. The van der Waals surface area contributed by atoms with Gasteiger partial charge in [-0.05, 0) is 51.2 Å². The predicted molar refractivity (Wildman–Crippen MR) is 106 cm³/mol. The second-order valence-electron chi connectivity index (χ2n) is 7.45. The van der Waals surface area contributed by atoms with E-state index in [0.29, 0.717) is 42.7 Å². The summed E-state index contributed by atoms with van der Waals surface area (Å²) in [6.45, 7) is 4.91. The van der Waals surface area contributed by atoms with E-state index in [1.165, 1.54) is 0 Å². The van der Waals surface area contributed by atoms with Crippen molar-refractivity contribution in [3.05, 3.63) is 18.2 Å². The first-order chi connectivity index (χ1) is 13.5. The normalized spacial score (nSPS) is 24.4. The van der Waals surface area contributed by atoms with Crippen LogP contribution < -0.4 is 14.8 Å². The smallest absolute Gasteiger partial charge is 0.320 e. The zero-order valence-corrected chi connectivity index (χ0v) is 16.6. The van der Waals surface area contributed by atoms with E-state index in [2.05, 4.69) is 5.32 Å². The van der Waals surface area contributed by atoms with Crippen LogP contribution in [0.4, 0.5) is 5.69 Å². The molecule has 1 amide bonds. The third-order valence-corrected chi connectivity index (χ3v) is 5.66. The Morgan fingerprint density at radius 2 is 1.86 bits per heavy atom. The number of rotatable bonds is 8. The Balaban J connectivity index is 1.68. The summed E-state index contributed by atoms with van der Waals surface area (Å²) < 4.78 is 11.1. The molecule has 0 spiro atoms. The molecule has 3 rings (SSSR count). The number of carboxylic acids is 1. The number of likely N-dealkylation sites (tertiary alicyclic amines) is 1. The van der Waals surface area contributed by atoms with Gasteiger partial charge in [-0.3, -0.25) is 14.5 Å². The summed E-state index contributed by atoms with van der Waals surface area (Å²) in [5.74, 6) is 0.570. The lowest BCUT2D eigenvalue weighted by Crippen LogP contribution is -2.46. The molecular weight excluding hydrogens is 360 g/mol. The number of hydrogen-bond donors (Lipinski definition) is 2. The molecular formula is C21H30N2O5. The Labute approximate surface area is 166 Å². The standard InChI is InChI=1S/C21H30N2O5/c1-3-27-18-10-9-15(12-19(18)28-4-2)22-20(24)13-23-16-8-6-5-7-14(16)11-17(23)21(25)26/h9-10,12,14,16-17H,3-8,11,13H2,1-2H3,(H,22,24)(H,25,26). The van der Waals surface area contributed by atoms with Crippen LogP contribution in [0.25, 0.3) is 0 Å². The lowest BCUT2D eigenvalue weighted by atomic mass is 9.85. The van der Waals surface area contributed by atoms with Crippen LogP contribution in [0.5, 0.6) is 11.5 Å². The first-order valence-corrected chi connectivity index (χ1v) is 10.2. The van der Waals surface area contributed by atoms with E-state index in [4.69, 9.17) is 9.47 Å². The Bertz CT molecular complexity index is 708. The van der Waals surface area contributed by atoms with Gasteiger partial charge in [0.25, 0.3) is 0 Å². The minimum atomic E-state index is -0.832. The number of hydrogen-bond acceptors (Lipinski definition) is 5. The zero-order chi connectivity index (χ0) is 20.1. The summed E-state index contributed by atoms with van der Waals surface area (Å²) in [5, 5.41) is 12.5. The second kappa shape index (κ2) is 9.28. The van der Waals surface area contributed by atoms with Gasteiger partial charge >= 0.3 is 5.97 Å². The fraction of sp³-hybridized carbons (Fsp3) is 0.619. The molecule has 1 aromatic rings. The van der Waals surface area contributed by atoms with Crippen LogP contribution in [0.15, 0.2) is 18.2 Å². The molecule has 3 atom stereocenters. The zero-order valence-electron chi connectivity index (χ0n) is 16.6. The topological polar surface area (TPSA) is 88.1 Å². The van der Waals surface area contributed by atoms with Crippen molar-refractivity contribution in [3.8, 4) is 11.5 Å². The first kappa shape index (κ1) is 20.5. The van der Waals surface area contributed by atoms with Crippen molar-refractivity contribution in [1.29, 1.82) is 0 Å². The van der Waals surface area contributed by atoms with Crippen molar-refractivity contribution in [1.82, 2.24) is 4.90 Å². The van der Waals surface area contributed by atoms with Crippen molar-refractivity contribution in [2.24, 2.45) is 5.92 Å². The fourth-order valence-electron chi connectivity index (χ4n) is 4.52. The van der Waals surface area contributed by atoms with Gasteiger partial charge < -0.3 is 19.9 Å². The van der Waals surface area contributed by atoms with E-state index < -0.39 is 12.0 Å². The number of carbonyl (C=O) groups is 2. The molecule has 7 nitrogen and oxygen atoms in total. The Morgan fingerprint density at radius 1 is 1.14 bits per heavy atom. The van der Waals surface area contributed by atoms with Gasteiger partial charge in [0.2, 0.25) is 5.91 Å². The molecule has 1 aliphatic heterocycles. The molecule has 154 valence electrons. The second-order valence-corrected chi connectivity index (χ2v) is 7.45. The van der Waals surface area contributed by atoms with Gasteiger partial charge in [0.15, 0.2) is 11.5 Å². The molecule has 0 bridgehead atoms. The van der Waals surface area contributed by atoms with Gasteiger partial charge in [0.1, 0.15) is 6.04 Å². The molecule has 1 saturated carbocycles. The Hall–Kier alpha value is -2.28. The van der Waals surface area contributed by atoms with Crippen LogP contribution in [-0.2, 0) is 9.59 Å². The van der Waals surface area contributed by atoms with Crippen LogP contribution in [0, 0.1) is 5.92 Å². The van der Waals surface area contributed by atoms with E-state index in [-0.39, 0.29) is 18.5 Å². The number of carboxylic acid groups (broad SMARTS) is 1. The van der Waals surface area contributed by atoms with E-state index in [1.807, 2.05) is 18.7 Å². The number of anilines is 1. The minimum absolute atomic E-state index is 0.0926. The molecule has 7 heteroatoms. The SMILES string of the molecule is CCOc1ccc(NC(=O)CN2C(C(=O)O)CC3CCCCC32)cc1OCC. The Kier molecular flexibility index (Phi) is 6.78. The van der Waals surface area contributed by atoms with Gasteiger partial charge in [0, 0.05) is 17.8 Å². The maximum atomic E-state index is 12.7. The van der Waals surface area contributed by atoms with Gasteiger partial charge in [0.05, 0.1) is 19.8 Å². The number of ether oxygens (including phenoxy) is 2. The van der Waals surface area contributed by atoms with Crippen LogP contribution in [-0.4, -0.2) is 53.7 Å². The minimum Gasteiger partial charge on any atom is -0.490 e. The molecule has 1 aliphatic carbocycles. The molecule has 2 fully saturated rings. The van der Waals surface area contributed by atoms with Crippen molar-refractivity contribution in [3.63, 3.8) is 0 Å². The molecule has 0 radical (unpaired) electrons. The summed E-state index contributed by atoms with van der Waals surface area (Å²) in [6.07, 6.45) is 4.93. The maximum absolute atomic E-state index is 12.7. The third kappa shape index (κ3) is 4.58. The molecule has 3 unspecified atom stereocenters. The average molecular weight is 390 g/mol. The highest BCUT2D eigenvalue weighted by Crippen LogP contribution is 2.39. The molecule has 1 saturated heterocycles. The summed E-state index contributed by atoms with van der Waals surface area (Å²) in [5.41, 5.74) is 0.614. The highest BCUT2D eigenvalue weighted by molar-refractivity contribution is 5.93. The van der Waals surface area contributed by atoms with Crippen LogP contribution in [0.1, 0.15) is 46.0 Å². The number of benzene rings is 1. The monoisotopic (exact) mass is 390 g/mol. The van der Waals surface area contributed by atoms with Crippen LogP contribution in [0.2, 0.25) is 0 Å². The van der Waals surface area contributed by atoms with Gasteiger partial charge in [-0.2, -0.15) is 0 Å². The third-order valence-electron chi connectivity index (χ3n) is 5.66. The summed E-state index contributed by atoms with van der Waals surface area (Å²) in [7, 11) is 0. The maximum Gasteiger partial charge on any atom is 0.320 e. The quantitative estimate of drug-likeness (QED) is 0.709. The Morgan fingerprint density at radius 3 is 2.57 bits per heavy atom. The van der Waals surface area contributed by atoms with E-state index in [9.17, 15) is 14.7 Å². The average Bonchev–Trinajstić information content (AvgIpc) is 3.03. The van der Waals surface area contributed by atoms with E-state index in [1.54, 1.807) is 18.2 Å². The number of nitrogens with zero attached hydrogens (tertiary/aromatic N) is 1. The molecule has 2 aliphatic rings. The lowest BCUT2D eigenvalue weighted by molar-refractivity contribution is -0.143. The van der Waals surface area contributed by atoms with Crippen molar-refractivity contribution in [2.75, 3.05) is 25.1 Å². The molecule has 1 aromatic carbocycles. The molecule has 1 heterocycles. The van der Waals surface area contributed by atoms with Gasteiger partial charge in [-0.15, -0.1) is 0 Å². The fourth-order valence-corrected chi connectivity index (χ4v) is 4.52. The van der Waals surface area contributed by atoms with Gasteiger partial charge in [-0.25, -0.2) is 0 Å². The summed E-state index contributed by atoms with van der Waals surface area (Å²) in [4.78, 5) is 26.3. The summed E-state index contributed by atoms with van der Waals surface area (Å²) in [6, 6.07) is 4.91. The van der Waals surface area contributed by atoms with E-state index >= 15 is 0 Å². The number of amides is 1. The van der Waals surface area contributed by atoms with Crippen molar-refractivity contribution < 1.29 is 24.2 Å². The molecule has 28 heavy (non-hydrogen) atoms. The van der Waals surface area contributed by atoms with Crippen LogP contribution in [0.3, 0.4) is 0 Å². The van der Waals surface area contributed by atoms with Crippen molar-refractivity contribution in [2.45, 2.75) is 58.0 Å². The number of fused-ring (bicyclic) bond motifs is 1. The molecule has 0 aromatic heterocycles. The number of carbonyl (C=O) groups excluding carboxylic acids is 1. The van der Waals surface area contributed by atoms with Gasteiger partial charge in [-0.1, -0.05) is 12.8 Å². The highest BCUT2D eigenvalue weighted by atomic mass is 16.5. The predicted octanol–water partition coefficient (Wildman–Crippen LogP) is 3.14. The van der Waals surface area contributed by atoms with Crippen molar-refractivity contribution >= 4 is 17.6 Å². The number of aliphatic carboxylic acids is 1. The molecule has 2 N–H and O–H groups in total. The van der Waals surface area contributed by atoms with Crippen LogP contribution >= 0.6 is 0 Å².